The molecule has 1 amide bonds. The van der Waals surface area contributed by atoms with E-state index in [4.69, 9.17) is 14.2 Å². The average Bonchev–Trinajstić information content (AvgIpc) is 3.25. The first-order valence-electron chi connectivity index (χ1n) is 8.00. The van der Waals surface area contributed by atoms with Crippen molar-refractivity contribution in [3.05, 3.63) is 39.3 Å². The lowest BCUT2D eigenvalue weighted by Gasteiger charge is -2.09. The van der Waals surface area contributed by atoms with Crippen LogP contribution in [0.5, 0.6) is 11.5 Å². The van der Waals surface area contributed by atoms with E-state index in [0.717, 1.165) is 15.1 Å². The minimum absolute atomic E-state index is 0.163. The lowest BCUT2D eigenvalue weighted by Crippen LogP contribution is -2.19. The number of nitrogens with zero attached hydrogens (tertiary/aromatic N) is 2. The number of amides is 1. The summed E-state index contributed by atoms with van der Waals surface area (Å²) >= 11 is 3.01. The Morgan fingerprint density at radius 1 is 1.19 bits per heavy atom. The molecule has 0 saturated heterocycles. The van der Waals surface area contributed by atoms with Crippen LogP contribution in [0.2, 0.25) is 0 Å². The standard InChI is InChI=1S/C18H20N2O4S2/c1-22-7-6-20-13-10-14(23-2)15(24-3)11-16(13)26-18(20)19-17(21)9-12-5-4-8-25-12/h4-5,8,10-11H,6-7,9H2,1-3H3. The third-order valence-corrected chi connectivity index (χ3v) is 5.75. The van der Waals surface area contributed by atoms with E-state index in [1.165, 1.54) is 11.3 Å². The number of aromatic nitrogens is 1. The first-order valence-corrected chi connectivity index (χ1v) is 9.70. The lowest BCUT2D eigenvalue weighted by atomic mass is 10.3. The van der Waals surface area contributed by atoms with Crippen molar-refractivity contribution < 1.29 is 19.0 Å². The summed E-state index contributed by atoms with van der Waals surface area (Å²) in [5, 5.41) is 1.96. The first kappa shape index (κ1) is 18.6. The van der Waals surface area contributed by atoms with Gasteiger partial charge in [-0.25, -0.2) is 0 Å². The number of methoxy groups -OCH3 is 3. The van der Waals surface area contributed by atoms with Crippen LogP contribution in [0.25, 0.3) is 10.2 Å². The van der Waals surface area contributed by atoms with Gasteiger partial charge in [-0.15, -0.1) is 11.3 Å². The third kappa shape index (κ3) is 3.98. The predicted molar refractivity (Wildman–Crippen MR) is 103 cm³/mol. The molecule has 0 aliphatic rings. The van der Waals surface area contributed by atoms with Gasteiger partial charge in [0.05, 0.1) is 37.5 Å². The minimum atomic E-state index is -0.163. The molecule has 2 aromatic heterocycles. The summed E-state index contributed by atoms with van der Waals surface area (Å²) in [5.41, 5.74) is 0.937. The maximum Gasteiger partial charge on any atom is 0.253 e. The van der Waals surface area contributed by atoms with E-state index in [2.05, 4.69) is 4.99 Å². The molecule has 0 aliphatic heterocycles. The molecular weight excluding hydrogens is 372 g/mol. The van der Waals surface area contributed by atoms with Crippen LogP contribution in [0.15, 0.2) is 34.6 Å². The zero-order valence-electron chi connectivity index (χ0n) is 14.9. The number of carbonyl (C=O) groups is 1. The highest BCUT2D eigenvalue weighted by atomic mass is 32.1. The zero-order valence-corrected chi connectivity index (χ0v) is 16.5. The molecule has 0 unspecified atom stereocenters. The van der Waals surface area contributed by atoms with Crippen molar-refractivity contribution in [2.45, 2.75) is 13.0 Å². The van der Waals surface area contributed by atoms with Gasteiger partial charge in [-0.1, -0.05) is 17.4 Å². The predicted octanol–water partition coefficient (Wildman–Crippen LogP) is 3.10. The van der Waals surface area contributed by atoms with Gasteiger partial charge in [0.25, 0.3) is 5.91 Å². The van der Waals surface area contributed by atoms with Gasteiger partial charge in [-0.3, -0.25) is 4.79 Å². The normalized spacial score (nSPS) is 11.9. The molecule has 8 heteroatoms. The molecule has 0 atom stereocenters. The Bertz CT molecular complexity index is 958. The van der Waals surface area contributed by atoms with E-state index in [9.17, 15) is 4.79 Å². The van der Waals surface area contributed by atoms with Gasteiger partial charge < -0.3 is 18.8 Å². The SMILES string of the molecule is COCCn1c(=NC(=O)Cc2cccs2)sc2cc(OC)c(OC)cc21. The fourth-order valence-corrected chi connectivity index (χ4v) is 4.37. The summed E-state index contributed by atoms with van der Waals surface area (Å²) in [6.45, 7) is 1.11. The van der Waals surface area contributed by atoms with Gasteiger partial charge in [0.1, 0.15) is 0 Å². The highest BCUT2D eigenvalue weighted by Crippen LogP contribution is 2.33. The summed E-state index contributed by atoms with van der Waals surface area (Å²) in [5.74, 6) is 1.13. The Labute approximate surface area is 159 Å². The van der Waals surface area contributed by atoms with E-state index in [1.54, 1.807) is 32.7 Å². The Morgan fingerprint density at radius 2 is 1.96 bits per heavy atom. The number of rotatable bonds is 7. The second-order valence-electron chi connectivity index (χ2n) is 5.47. The molecule has 2 heterocycles. The summed E-state index contributed by atoms with van der Waals surface area (Å²) in [6, 6.07) is 7.69. The van der Waals surface area contributed by atoms with E-state index in [0.29, 0.717) is 35.9 Å². The van der Waals surface area contributed by atoms with Crippen LogP contribution in [0.4, 0.5) is 0 Å². The van der Waals surface area contributed by atoms with Crippen LogP contribution < -0.4 is 14.3 Å². The van der Waals surface area contributed by atoms with E-state index >= 15 is 0 Å². The fraction of sp³-hybridized carbons (Fsp3) is 0.333. The van der Waals surface area contributed by atoms with Crippen LogP contribution >= 0.6 is 22.7 Å². The Kier molecular flexibility index (Phi) is 6.08. The second kappa shape index (κ2) is 8.48. The van der Waals surface area contributed by atoms with Gasteiger partial charge in [0, 0.05) is 30.7 Å². The summed E-state index contributed by atoms with van der Waals surface area (Å²) in [6.07, 6.45) is 0.308. The second-order valence-corrected chi connectivity index (χ2v) is 7.51. The van der Waals surface area contributed by atoms with Crippen LogP contribution in [0, 0.1) is 0 Å². The monoisotopic (exact) mass is 392 g/mol. The molecule has 3 rings (SSSR count). The summed E-state index contributed by atoms with van der Waals surface area (Å²) in [4.78, 5) is 18.4. The van der Waals surface area contributed by atoms with Gasteiger partial charge in [0.15, 0.2) is 16.3 Å². The Balaban J connectivity index is 2.07. The summed E-state index contributed by atoms with van der Waals surface area (Å²) in [7, 11) is 4.86. The van der Waals surface area contributed by atoms with Crippen molar-refractivity contribution in [1.82, 2.24) is 4.57 Å². The Morgan fingerprint density at radius 3 is 2.62 bits per heavy atom. The largest absolute Gasteiger partial charge is 0.493 e. The van der Waals surface area contributed by atoms with E-state index < -0.39 is 0 Å². The van der Waals surface area contributed by atoms with Crippen molar-refractivity contribution in [3.63, 3.8) is 0 Å². The number of hydrogen-bond donors (Lipinski definition) is 0. The molecule has 0 radical (unpaired) electrons. The first-order chi connectivity index (χ1) is 12.7. The van der Waals surface area contributed by atoms with Crippen LogP contribution in [0.1, 0.15) is 4.88 Å². The van der Waals surface area contributed by atoms with Gasteiger partial charge in [-0.05, 0) is 11.4 Å². The van der Waals surface area contributed by atoms with E-state index in [-0.39, 0.29) is 5.91 Å². The molecule has 0 bridgehead atoms. The maximum atomic E-state index is 12.4. The molecule has 3 aromatic rings. The molecule has 26 heavy (non-hydrogen) atoms. The number of thiazole rings is 1. The van der Waals surface area contributed by atoms with Gasteiger partial charge >= 0.3 is 0 Å². The topological polar surface area (TPSA) is 62.1 Å². The Hall–Kier alpha value is -2.16. The molecule has 1 aromatic carbocycles. The highest BCUT2D eigenvalue weighted by Gasteiger charge is 2.13. The van der Waals surface area contributed by atoms with Crippen molar-refractivity contribution in [3.8, 4) is 11.5 Å². The number of thiophene rings is 1. The van der Waals surface area contributed by atoms with Crippen molar-refractivity contribution in [1.29, 1.82) is 0 Å². The van der Waals surface area contributed by atoms with Crippen molar-refractivity contribution in [2.24, 2.45) is 4.99 Å². The van der Waals surface area contributed by atoms with Gasteiger partial charge in [-0.2, -0.15) is 4.99 Å². The number of hydrogen-bond acceptors (Lipinski definition) is 6. The molecular formula is C18H20N2O4S2. The molecule has 138 valence electrons. The van der Waals surface area contributed by atoms with Crippen LogP contribution in [0.3, 0.4) is 0 Å². The molecule has 0 fully saturated rings. The average molecular weight is 393 g/mol. The van der Waals surface area contributed by atoms with Crippen LogP contribution in [-0.4, -0.2) is 38.4 Å². The quantitative estimate of drug-likeness (QED) is 0.620. The number of benzene rings is 1. The number of carbonyl (C=O) groups excluding carboxylic acids is 1. The maximum absolute atomic E-state index is 12.4. The third-order valence-electron chi connectivity index (χ3n) is 3.83. The molecule has 0 aliphatic carbocycles. The zero-order chi connectivity index (χ0) is 18.5. The molecule has 6 nitrogen and oxygen atoms in total. The lowest BCUT2D eigenvalue weighted by molar-refractivity contribution is -0.117. The van der Waals surface area contributed by atoms with E-state index in [1.807, 2.05) is 34.2 Å². The fourth-order valence-electron chi connectivity index (χ4n) is 2.59. The molecule has 0 N–H and O–H groups in total. The smallest absolute Gasteiger partial charge is 0.253 e. The molecule has 0 saturated carbocycles. The van der Waals surface area contributed by atoms with Gasteiger partial charge in [0.2, 0.25) is 0 Å². The van der Waals surface area contributed by atoms with Crippen molar-refractivity contribution >= 4 is 38.8 Å². The van der Waals surface area contributed by atoms with Crippen LogP contribution in [-0.2, 0) is 22.5 Å². The molecule has 0 spiro atoms. The van der Waals surface area contributed by atoms with Crippen molar-refractivity contribution in [2.75, 3.05) is 27.9 Å². The minimum Gasteiger partial charge on any atom is -0.493 e. The number of ether oxygens (including phenoxy) is 3. The number of fused-ring (bicyclic) bond motifs is 1. The summed E-state index contributed by atoms with van der Waals surface area (Å²) < 4.78 is 19.0. The highest BCUT2D eigenvalue weighted by molar-refractivity contribution is 7.16.